The molecule has 0 atom stereocenters. The molecule has 11 rings (SSSR count). The Labute approximate surface area is 445 Å². The van der Waals surface area contributed by atoms with Crippen molar-refractivity contribution >= 4 is 44.6 Å². The fourth-order valence-electron chi connectivity index (χ4n) is 10.7. The van der Waals surface area contributed by atoms with E-state index in [9.17, 15) is 0 Å². The molecule has 0 radical (unpaired) electrons. The number of ether oxygens (including phenoxy) is 1. The minimum absolute atomic E-state index is 0.0197. The summed E-state index contributed by atoms with van der Waals surface area (Å²) in [6.45, 7) is 28.2. The molecular formula is C70H70N4O. The van der Waals surface area contributed by atoms with Crippen LogP contribution >= 0.6 is 0 Å². The molecule has 8 aromatic carbocycles. The Morgan fingerprint density at radius 2 is 0.973 bits per heavy atom. The van der Waals surface area contributed by atoms with Crippen molar-refractivity contribution in [2.45, 2.75) is 105 Å². The van der Waals surface area contributed by atoms with Gasteiger partial charge < -0.3 is 14.5 Å². The van der Waals surface area contributed by atoms with Crippen LogP contribution in [0.25, 0.3) is 61.0 Å². The fourth-order valence-corrected chi connectivity index (χ4v) is 10.7. The Morgan fingerprint density at radius 1 is 0.387 bits per heavy atom. The van der Waals surface area contributed by atoms with Crippen LogP contribution in [0.4, 0.5) is 22.7 Å². The lowest BCUT2D eigenvalue weighted by Crippen LogP contribution is -2.25. The molecule has 376 valence electrons. The van der Waals surface area contributed by atoms with Gasteiger partial charge in [-0.25, -0.2) is 4.98 Å². The van der Waals surface area contributed by atoms with E-state index in [2.05, 4.69) is 292 Å². The summed E-state index contributed by atoms with van der Waals surface area (Å²) in [4.78, 5) is 10.2. The lowest BCUT2D eigenvalue weighted by Gasteiger charge is -2.29. The van der Waals surface area contributed by atoms with Crippen molar-refractivity contribution in [3.8, 4) is 50.7 Å². The highest BCUT2D eigenvalue weighted by atomic mass is 16.5. The third kappa shape index (κ3) is 9.61. The van der Waals surface area contributed by atoms with Crippen molar-refractivity contribution in [2.75, 3.05) is 16.5 Å². The number of rotatable bonds is 8. The maximum Gasteiger partial charge on any atom is 0.137 e. The normalized spacial score (nSPS) is 13.2. The molecule has 0 saturated heterocycles. The average molecular weight is 983 g/mol. The van der Waals surface area contributed by atoms with Gasteiger partial charge in [-0.1, -0.05) is 192 Å². The van der Waals surface area contributed by atoms with Crippen LogP contribution in [0.15, 0.2) is 194 Å². The summed E-state index contributed by atoms with van der Waals surface area (Å²) in [5.41, 5.74) is 18.9. The number of benzene rings is 8. The zero-order chi connectivity index (χ0) is 52.6. The lowest BCUT2D eigenvalue weighted by molar-refractivity contribution is 0.483. The van der Waals surface area contributed by atoms with E-state index in [1.165, 1.54) is 61.4 Å². The first-order valence-corrected chi connectivity index (χ1v) is 26.6. The quantitative estimate of drug-likeness (QED) is 0.152. The highest BCUT2D eigenvalue weighted by Crippen LogP contribution is 2.49. The Hall–Kier alpha value is -7.89. The number of hydrogen-bond acceptors (Lipinski definition) is 4. The van der Waals surface area contributed by atoms with Crippen molar-refractivity contribution < 1.29 is 4.74 Å². The topological polar surface area (TPSA) is 33.5 Å². The summed E-state index contributed by atoms with van der Waals surface area (Å²) in [5, 5.41) is 2.30. The van der Waals surface area contributed by atoms with Crippen LogP contribution in [0.3, 0.4) is 0 Å². The Bertz CT molecular complexity index is 3710. The molecule has 0 N–H and O–H groups in total. The summed E-state index contributed by atoms with van der Waals surface area (Å²) in [7, 11) is 0. The van der Waals surface area contributed by atoms with Gasteiger partial charge in [-0.15, -0.1) is 0 Å². The van der Waals surface area contributed by atoms with Crippen LogP contribution in [0.1, 0.15) is 105 Å². The SMILES string of the molecule is CC(C)(C)c1ccc(-c2cnc(-n3c4ccc(-c5ccccc5)cc4c4ccc(Oc5cccc(N6CN(c7cc(C(C)(C)C)cc(C(C)(C)C)c7)c7cc(-c8ccccc8)ccc76)c5)cc43)cc2C(C)(C)C)cc1. The second-order valence-electron chi connectivity index (χ2n) is 24.7. The van der Waals surface area contributed by atoms with Crippen LogP contribution in [-0.4, -0.2) is 16.2 Å². The summed E-state index contributed by atoms with van der Waals surface area (Å²) in [5.74, 6) is 2.39. The van der Waals surface area contributed by atoms with Gasteiger partial charge in [0.05, 0.1) is 22.4 Å². The summed E-state index contributed by atoms with van der Waals surface area (Å²) in [6.07, 6.45) is 2.08. The average Bonchev–Trinajstić information content (AvgIpc) is 3.95. The van der Waals surface area contributed by atoms with E-state index in [0.29, 0.717) is 6.67 Å². The minimum Gasteiger partial charge on any atom is -0.457 e. The largest absolute Gasteiger partial charge is 0.457 e. The summed E-state index contributed by atoms with van der Waals surface area (Å²) in [6, 6.07) is 68.7. The first-order valence-electron chi connectivity index (χ1n) is 26.6. The molecule has 0 amide bonds. The zero-order valence-electron chi connectivity index (χ0n) is 45.9. The van der Waals surface area contributed by atoms with E-state index in [4.69, 9.17) is 9.72 Å². The molecule has 3 heterocycles. The first-order chi connectivity index (χ1) is 35.7. The molecule has 5 heteroatoms. The highest BCUT2D eigenvalue weighted by Gasteiger charge is 2.32. The van der Waals surface area contributed by atoms with Crippen molar-refractivity contribution in [3.63, 3.8) is 0 Å². The monoisotopic (exact) mass is 983 g/mol. The van der Waals surface area contributed by atoms with Gasteiger partial charge in [0.2, 0.25) is 0 Å². The number of fused-ring (bicyclic) bond motifs is 4. The smallest absolute Gasteiger partial charge is 0.137 e. The molecule has 1 aliphatic rings. The zero-order valence-corrected chi connectivity index (χ0v) is 45.9. The molecule has 0 fully saturated rings. The van der Waals surface area contributed by atoms with Gasteiger partial charge in [0.15, 0.2) is 0 Å². The molecule has 1 aliphatic heterocycles. The van der Waals surface area contributed by atoms with Crippen molar-refractivity contribution in [1.82, 2.24) is 9.55 Å². The Morgan fingerprint density at radius 3 is 1.60 bits per heavy atom. The van der Waals surface area contributed by atoms with E-state index < -0.39 is 0 Å². The molecule has 75 heavy (non-hydrogen) atoms. The third-order valence-corrected chi connectivity index (χ3v) is 15.1. The van der Waals surface area contributed by atoms with Crippen LogP contribution in [-0.2, 0) is 21.7 Å². The number of nitrogens with zero attached hydrogens (tertiary/aromatic N) is 4. The van der Waals surface area contributed by atoms with Crippen LogP contribution < -0.4 is 14.5 Å². The third-order valence-electron chi connectivity index (χ3n) is 15.1. The molecule has 10 aromatic rings. The van der Waals surface area contributed by atoms with Gasteiger partial charge >= 0.3 is 0 Å². The van der Waals surface area contributed by atoms with E-state index in [0.717, 1.165) is 56.1 Å². The number of aromatic nitrogens is 2. The van der Waals surface area contributed by atoms with Gasteiger partial charge in [-0.2, -0.15) is 0 Å². The highest BCUT2D eigenvalue weighted by molar-refractivity contribution is 6.11. The van der Waals surface area contributed by atoms with Crippen molar-refractivity contribution in [2.24, 2.45) is 0 Å². The molecular weight excluding hydrogens is 913 g/mol. The van der Waals surface area contributed by atoms with Gasteiger partial charge in [0, 0.05) is 46.0 Å². The van der Waals surface area contributed by atoms with Crippen LogP contribution in [0.2, 0.25) is 0 Å². The Balaban J connectivity index is 1.00. The van der Waals surface area contributed by atoms with Crippen molar-refractivity contribution in [1.29, 1.82) is 0 Å². The molecule has 2 aromatic heterocycles. The second-order valence-corrected chi connectivity index (χ2v) is 24.7. The first kappa shape index (κ1) is 49.3. The number of pyridine rings is 1. The van der Waals surface area contributed by atoms with Crippen LogP contribution in [0, 0.1) is 0 Å². The summed E-state index contributed by atoms with van der Waals surface area (Å²) < 4.78 is 9.29. The minimum atomic E-state index is -0.156. The van der Waals surface area contributed by atoms with Gasteiger partial charge in [-0.05, 0) is 138 Å². The predicted octanol–water partition coefficient (Wildman–Crippen LogP) is 19.4. The van der Waals surface area contributed by atoms with Gasteiger partial charge in [0.1, 0.15) is 24.0 Å². The van der Waals surface area contributed by atoms with Gasteiger partial charge in [-0.3, -0.25) is 4.57 Å². The van der Waals surface area contributed by atoms with E-state index in [1.54, 1.807) is 0 Å². The molecule has 0 saturated carbocycles. The van der Waals surface area contributed by atoms with Crippen molar-refractivity contribution in [3.05, 3.63) is 217 Å². The maximum atomic E-state index is 6.96. The van der Waals surface area contributed by atoms with Gasteiger partial charge in [0.25, 0.3) is 0 Å². The van der Waals surface area contributed by atoms with E-state index in [1.807, 2.05) is 0 Å². The molecule has 0 aliphatic carbocycles. The standard InChI is InChI=1S/C70H70N4O/c1-67(2,3)51-30-26-48(27-31-51)60-44-71-66(43-61(60)70(10,11)12)74-62-34-28-49(46-20-15-13-16-21-46)36-59(62)58-33-32-57(42-64(58)74)75-56-25-19-24-54(41-56)72-45-73(55-39-52(68(4,5)6)38-53(40-55)69(7,8)9)65-37-50(29-35-63(65)72)47-22-17-14-18-23-47/h13-44H,45H2,1-12H3. The maximum absolute atomic E-state index is 6.96. The van der Waals surface area contributed by atoms with Crippen LogP contribution in [0.5, 0.6) is 11.5 Å². The molecule has 0 spiro atoms. The summed E-state index contributed by atoms with van der Waals surface area (Å²) >= 11 is 0. The molecule has 5 nitrogen and oxygen atoms in total. The fraction of sp³-hybridized carbons (Fsp3) is 0.243. The molecule has 0 bridgehead atoms. The molecule has 0 unspecified atom stereocenters. The number of anilines is 4. The lowest BCUT2D eigenvalue weighted by atomic mass is 9.80. The van der Waals surface area contributed by atoms with E-state index in [-0.39, 0.29) is 21.7 Å². The Kier molecular flexibility index (Phi) is 12.2. The van der Waals surface area contributed by atoms with E-state index >= 15 is 0 Å². The second kappa shape index (κ2) is 18.5. The number of hydrogen-bond donors (Lipinski definition) is 0. The predicted molar refractivity (Wildman–Crippen MR) is 318 cm³/mol.